The molecule has 0 spiro atoms. The summed E-state index contributed by atoms with van der Waals surface area (Å²) in [6, 6.07) is 4.96. The Hall–Kier alpha value is -4.00. The summed E-state index contributed by atoms with van der Waals surface area (Å²) in [5.74, 6) is 1.51. The number of carbonyl (C=O) groups is 2. The molecule has 4 saturated heterocycles. The molecule has 4 aliphatic heterocycles. The molecule has 3 aromatic rings. The number of rotatable bonds is 3. The Kier molecular flexibility index (Phi) is 9.51. The third kappa shape index (κ3) is 7.46. The summed E-state index contributed by atoms with van der Waals surface area (Å²) >= 11 is 3.44. The molecule has 49 heavy (non-hydrogen) atoms. The van der Waals surface area contributed by atoms with Crippen molar-refractivity contribution in [2.45, 2.75) is 127 Å². The maximum Gasteiger partial charge on any atom is 0.410 e. The van der Waals surface area contributed by atoms with E-state index >= 15 is 0 Å². The monoisotopic (exact) mass is 734 g/mol. The van der Waals surface area contributed by atoms with Crippen LogP contribution >= 0.6 is 15.9 Å². The normalized spacial score (nSPS) is 25.6. The van der Waals surface area contributed by atoms with Gasteiger partial charge in [-0.1, -0.05) is 0 Å². The van der Waals surface area contributed by atoms with Crippen molar-refractivity contribution in [1.29, 1.82) is 0 Å². The molecule has 4 fully saturated rings. The first-order chi connectivity index (χ1) is 23.1. The van der Waals surface area contributed by atoms with Crippen LogP contribution in [0.25, 0.3) is 11.1 Å². The van der Waals surface area contributed by atoms with E-state index in [0.29, 0.717) is 17.6 Å². The van der Waals surface area contributed by atoms with Crippen LogP contribution in [0.2, 0.25) is 0 Å². The number of carbonyl (C=O) groups excluding carboxylic acids is 2. The second kappa shape index (κ2) is 13.4. The number of hydrogen-bond donors (Lipinski definition) is 2. The molecule has 262 valence electrons. The van der Waals surface area contributed by atoms with Crippen LogP contribution in [-0.2, 0) is 9.47 Å². The highest BCUT2D eigenvalue weighted by atomic mass is 79.9. The van der Waals surface area contributed by atoms with Gasteiger partial charge in [-0.15, -0.1) is 0 Å². The molecule has 2 amide bonds. The largest absolute Gasteiger partial charge is 0.444 e. The lowest BCUT2D eigenvalue weighted by molar-refractivity contribution is 0.0201. The molecular weight excluding hydrogens is 688 g/mol. The van der Waals surface area contributed by atoms with E-state index in [2.05, 4.69) is 41.9 Å². The van der Waals surface area contributed by atoms with Crippen LogP contribution in [-0.4, -0.2) is 77.3 Å². The van der Waals surface area contributed by atoms with Gasteiger partial charge in [0, 0.05) is 71.9 Å². The molecule has 12 nitrogen and oxygen atoms in total. The first-order valence-corrected chi connectivity index (χ1v) is 17.8. The summed E-state index contributed by atoms with van der Waals surface area (Å²) in [6.07, 6.45) is 14.2. The number of amides is 2. The average molecular weight is 736 g/mol. The number of nitrogens with zero attached hydrogens (tertiary/aromatic N) is 6. The lowest BCUT2D eigenvalue weighted by Gasteiger charge is -2.28. The van der Waals surface area contributed by atoms with Crippen LogP contribution in [0.15, 0.2) is 47.7 Å². The molecule has 4 bridgehead atoms. The van der Waals surface area contributed by atoms with Gasteiger partial charge in [0.2, 0.25) is 0 Å². The highest BCUT2D eigenvalue weighted by Gasteiger charge is 2.51. The van der Waals surface area contributed by atoms with Crippen molar-refractivity contribution in [1.82, 2.24) is 29.7 Å². The average Bonchev–Trinajstić information content (AvgIpc) is 3.81. The predicted octanol–water partition coefficient (Wildman–Crippen LogP) is 7.06. The Bertz CT molecular complexity index is 1690. The Morgan fingerprint density at radius 1 is 0.735 bits per heavy atom. The van der Waals surface area contributed by atoms with Crippen molar-refractivity contribution in [3.63, 3.8) is 0 Å². The zero-order valence-electron chi connectivity index (χ0n) is 29.1. The zero-order valence-corrected chi connectivity index (χ0v) is 30.7. The molecule has 6 unspecified atom stereocenters. The topological polar surface area (TPSA) is 163 Å². The molecule has 7 rings (SSSR count). The van der Waals surface area contributed by atoms with E-state index < -0.39 is 11.2 Å². The van der Waals surface area contributed by atoms with Gasteiger partial charge in [-0.25, -0.2) is 29.5 Å². The fourth-order valence-electron chi connectivity index (χ4n) is 7.92. The number of nitrogens with two attached hydrogens (primary N) is 2. The van der Waals surface area contributed by atoms with E-state index in [1.54, 1.807) is 12.4 Å². The van der Waals surface area contributed by atoms with Crippen molar-refractivity contribution in [3.8, 4) is 11.1 Å². The molecule has 4 aliphatic rings. The third-order valence-corrected chi connectivity index (χ3v) is 10.5. The van der Waals surface area contributed by atoms with Crippen LogP contribution in [0.1, 0.15) is 103 Å². The first kappa shape index (κ1) is 34.8. The third-order valence-electron chi connectivity index (χ3n) is 9.84. The van der Waals surface area contributed by atoms with Gasteiger partial charge in [0.05, 0.1) is 4.47 Å². The number of pyridine rings is 2. The summed E-state index contributed by atoms with van der Waals surface area (Å²) in [5.41, 5.74) is 14.8. The number of ether oxygens (including phenoxy) is 2. The van der Waals surface area contributed by atoms with E-state index in [4.69, 9.17) is 20.9 Å². The van der Waals surface area contributed by atoms with Gasteiger partial charge in [-0.05, 0) is 119 Å². The number of hydrogen-bond acceptors (Lipinski definition) is 10. The van der Waals surface area contributed by atoms with Crippen LogP contribution in [0.3, 0.4) is 0 Å². The van der Waals surface area contributed by atoms with Gasteiger partial charge in [0.25, 0.3) is 0 Å². The van der Waals surface area contributed by atoms with Crippen LogP contribution in [0.5, 0.6) is 0 Å². The molecule has 0 aliphatic carbocycles. The van der Waals surface area contributed by atoms with Crippen molar-refractivity contribution in [3.05, 3.63) is 58.8 Å². The Balaban J connectivity index is 0.000000174. The second-order valence-electron chi connectivity index (χ2n) is 15.5. The summed E-state index contributed by atoms with van der Waals surface area (Å²) in [5, 5.41) is 0. The maximum absolute atomic E-state index is 12.7. The van der Waals surface area contributed by atoms with Gasteiger partial charge in [0.1, 0.15) is 29.2 Å². The minimum absolute atomic E-state index is 0.148. The van der Waals surface area contributed by atoms with Crippen LogP contribution < -0.4 is 11.5 Å². The quantitative estimate of drug-likeness (QED) is 0.285. The van der Waals surface area contributed by atoms with Crippen LogP contribution in [0, 0.1) is 0 Å². The number of nitrogen functional groups attached to an aromatic ring is 2. The van der Waals surface area contributed by atoms with E-state index in [-0.39, 0.29) is 42.3 Å². The highest BCUT2D eigenvalue weighted by Crippen LogP contribution is 2.49. The second-order valence-corrected chi connectivity index (χ2v) is 16.4. The standard InChI is InChI=1S/C20H25N5O2.C16H22BrN3O2/c1-20(2,3)27-19(26)25-14-4-5-17(25)15(7-14)12-6-16(18(21)24-10-12)13-8-22-11-23-9-13;1-16(2,3)22-15(21)20-10-4-5-13(20)11(7-10)9-6-12(17)14(18)19-8-9/h6,8-11,14-15,17H,4-5,7H2,1-3H3,(H2,21,24);6,8,10-11,13H,4-5,7H2,1-3H3,(H2,18,19). The van der Waals surface area contributed by atoms with Gasteiger partial charge >= 0.3 is 12.2 Å². The molecular formula is C36H47BrN8O4. The van der Waals surface area contributed by atoms with E-state index in [0.717, 1.165) is 65.3 Å². The predicted molar refractivity (Wildman–Crippen MR) is 191 cm³/mol. The lowest BCUT2D eigenvalue weighted by atomic mass is 9.84. The van der Waals surface area contributed by atoms with E-state index in [1.165, 1.54) is 6.33 Å². The molecule has 0 aromatic carbocycles. The summed E-state index contributed by atoms with van der Waals surface area (Å²) in [4.78, 5) is 45.8. The minimum Gasteiger partial charge on any atom is -0.444 e. The zero-order chi connectivity index (χ0) is 35.2. The fraction of sp³-hybridized carbons (Fsp3) is 0.556. The van der Waals surface area contributed by atoms with Crippen LogP contribution in [0.4, 0.5) is 21.2 Å². The maximum atomic E-state index is 12.7. The summed E-state index contributed by atoms with van der Waals surface area (Å²) < 4.78 is 12.0. The van der Waals surface area contributed by atoms with Crippen molar-refractivity contribution in [2.75, 3.05) is 11.5 Å². The Labute approximate surface area is 296 Å². The SMILES string of the molecule is CC(C)(C)OC(=O)N1C2CCC1C(c1cnc(N)c(-c3cncnc3)c1)C2.CC(C)(C)OC(=O)N1C2CCC1C(c1cnc(N)c(Br)c1)C2. The number of aromatic nitrogens is 4. The fourth-order valence-corrected chi connectivity index (χ4v) is 8.29. The van der Waals surface area contributed by atoms with E-state index in [1.807, 2.05) is 69.8 Å². The molecule has 0 saturated carbocycles. The smallest absolute Gasteiger partial charge is 0.410 e. The molecule has 4 N–H and O–H groups in total. The van der Waals surface area contributed by atoms with Gasteiger partial charge in [0.15, 0.2) is 0 Å². The molecule has 3 aromatic heterocycles. The first-order valence-electron chi connectivity index (χ1n) is 17.0. The highest BCUT2D eigenvalue weighted by molar-refractivity contribution is 9.10. The summed E-state index contributed by atoms with van der Waals surface area (Å²) in [6.45, 7) is 11.4. The number of anilines is 2. The van der Waals surface area contributed by atoms with Crippen molar-refractivity contribution >= 4 is 39.8 Å². The minimum atomic E-state index is -0.488. The van der Waals surface area contributed by atoms with Crippen molar-refractivity contribution in [2.24, 2.45) is 0 Å². The summed E-state index contributed by atoms with van der Waals surface area (Å²) in [7, 11) is 0. The Morgan fingerprint density at radius 2 is 1.20 bits per heavy atom. The van der Waals surface area contributed by atoms with Gasteiger partial charge < -0.3 is 30.7 Å². The number of fused-ring (bicyclic) bond motifs is 4. The van der Waals surface area contributed by atoms with Gasteiger partial charge in [-0.3, -0.25) is 0 Å². The van der Waals surface area contributed by atoms with E-state index in [9.17, 15) is 9.59 Å². The molecule has 6 atom stereocenters. The number of halogens is 1. The lowest BCUT2D eigenvalue weighted by Crippen LogP contribution is -2.40. The molecule has 0 radical (unpaired) electrons. The Morgan fingerprint density at radius 3 is 1.67 bits per heavy atom. The van der Waals surface area contributed by atoms with Gasteiger partial charge in [-0.2, -0.15) is 0 Å². The molecule has 7 heterocycles. The molecule has 13 heteroatoms. The van der Waals surface area contributed by atoms with Crippen molar-refractivity contribution < 1.29 is 19.1 Å².